The Morgan fingerprint density at radius 3 is 2.20 bits per heavy atom. The highest BCUT2D eigenvalue weighted by Crippen LogP contribution is 2.18. The number of sulfone groups is 1. The molecule has 0 aliphatic carbocycles. The van der Waals surface area contributed by atoms with Crippen LogP contribution in [0.5, 0.6) is 0 Å². The molecule has 0 amide bonds. The summed E-state index contributed by atoms with van der Waals surface area (Å²) in [7, 11) is -3.74. The highest BCUT2D eigenvalue weighted by Gasteiger charge is 2.16. The van der Waals surface area contributed by atoms with Gasteiger partial charge in [0.1, 0.15) is 16.5 Å². The number of nitrogens with two attached hydrogens (primary N) is 1. The number of hydrogen-bond donors (Lipinski definition) is 1. The smallest absolute Gasteiger partial charge is 0.178 e. The average Bonchev–Trinajstić information content (AvgIpc) is 2.06. The van der Waals surface area contributed by atoms with Crippen molar-refractivity contribution in [2.24, 2.45) is 5.73 Å². The topological polar surface area (TPSA) is 60.2 Å². The van der Waals surface area contributed by atoms with Crippen molar-refractivity contribution in [3.05, 3.63) is 29.3 Å². The quantitative estimate of drug-likeness (QED) is 0.867. The summed E-state index contributed by atoms with van der Waals surface area (Å²) in [6.07, 6.45) is 0.812. The first kappa shape index (κ1) is 14.3. The van der Waals surface area contributed by atoms with Crippen molar-refractivity contribution in [3.63, 3.8) is 0 Å². The van der Waals surface area contributed by atoms with Crippen LogP contribution in [-0.4, -0.2) is 14.7 Å². The molecule has 86 valence electrons. The Bertz CT molecular complexity index is 462. The van der Waals surface area contributed by atoms with Gasteiger partial charge in [0.05, 0.1) is 0 Å². The molecule has 7 heteroatoms. The lowest BCUT2D eigenvalue weighted by Gasteiger charge is -2.04. The maximum absolute atomic E-state index is 13.1. The Kier molecular flexibility index (Phi) is 4.64. The van der Waals surface area contributed by atoms with E-state index in [9.17, 15) is 17.2 Å². The van der Waals surface area contributed by atoms with Gasteiger partial charge in [0.15, 0.2) is 9.84 Å². The van der Waals surface area contributed by atoms with Gasteiger partial charge < -0.3 is 5.73 Å². The molecule has 0 saturated carbocycles. The van der Waals surface area contributed by atoms with E-state index in [1.54, 1.807) is 0 Å². The molecule has 0 fully saturated rings. The minimum absolute atomic E-state index is 0. The molecule has 0 radical (unpaired) electrons. The highest BCUT2D eigenvalue weighted by atomic mass is 35.5. The standard InChI is InChI=1S/C8H9F2NO2S.ClH/c1-14(12,13)8-3-6(9)5(4-11)2-7(8)10;/h2-3H,4,11H2,1H3;1H. The molecule has 0 aromatic heterocycles. The van der Waals surface area contributed by atoms with Crippen LogP contribution in [0.2, 0.25) is 0 Å². The molecule has 0 spiro atoms. The van der Waals surface area contributed by atoms with Gasteiger partial charge in [0.25, 0.3) is 0 Å². The Morgan fingerprint density at radius 1 is 1.27 bits per heavy atom. The Morgan fingerprint density at radius 2 is 1.80 bits per heavy atom. The second-order valence-electron chi connectivity index (χ2n) is 2.85. The molecule has 15 heavy (non-hydrogen) atoms. The van der Waals surface area contributed by atoms with Gasteiger partial charge in [-0.15, -0.1) is 12.4 Å². The van der Waals surface area contributed by atoms with Crippen molar-refractivity contribution in [1.82, 2.24) is 0 Å². The fourth-order valence-corrected chi connectivity index (χ4v) is 1.74. The summed E-state index contributed by atoms with van der Waals surface area (Å²) in [6, 6.07) is 1.44. The summed E-state index contributed by atoms with van der Waals surface area (Å²) in [5.41, 5.74) is 5.08. The van der Waals surface area contributed by atoms with Crippen LogP contribution in [0.1, 0.15) is 5.56 Å². The largest absolute Gasteiger partial charge is 0.326 e. The molecule has 1 aromatic carbocycles. The summed E-state index contributed by atoms with van der Waals surface area (Å²) in [4.78, 5) is -0.646. The van der Waals surface area contributed by atoms with E-state index < -0.39 is 26.4 Å². The zero-order chi connectivity index (χ0) is 10.9. The van der Waals surface area contributed by atoms with Crippen LogP contribution >= 0.6 is 12.4 Å². The normalized spacial score (nSPS) is 10.9. The van der Waals surface area contributed by atoms with Crippen molar-refractivity contribution in [1.29, 1.82) is 0 Å². The highest BCUT2D eigenvalue weighted by molar-refractivity contribution is 7.90. The second-order valence-corrected chi connectivity index (χ2v) is 4.83. The van der Waals surface area contributed by atoms with Gasteiger partial charge in [0.2, 0.25) is 0 Å². The van der Waals surface area contributed by atoms with Crippen LogP contribution in [0.4, 0.5) is 8.78 Å². The number of hydrogen-bond acceptors (Lipinski definition) is 3. The van der Waals surface area contributed by atoms with E-state index in [4.69, 9.17) is 5.73 Å². The lowest BCUT2D eigenvalue weighted by molar-refractivity contribution is 0.548. The van der Waals surface area contributed by atoms with Gasteiger partial charge in [-0.2, -0.15) is 0 Å². The SMILES string of the molecule is CS(=O)(=O)c1cc(F)c(CN)cc1F.Cl. The zero-order valence-corrected chi connectivity index (χ0v) is 9.46. The maximum atomic E-state index is 13.1. The van der Waals surface area contributed by atoms with Crippen LogP contribution in [-0.2, 0) is 16.4 Å². The number of halogens is 3. The molecule has 0 aliphatic rings. The Hall–Kier alpha value is -0.720. The molecule has 0 atom stereocenters. The summed E-state index contributed by atoms with van der Waals surface area (Å²) in [6.45, 7) is -0.174. The van der Waals surface area contributed by atoms with E-state index in [1.165, 1.54) is 0 Å². The maximum Gasteiger partial charge on any atom is 0.178 e. The third-order valence-electron chi connectivity index (χ3n) is 1.72. The molecule has 3 nitrogen and oxygen atoms in total. The Balaban J connectivity index is 0.00000196. The molecule has 0 heterocycles. The molecule has 0 unspecified atom stereocenters. The van der Waals surface area contributed by atoms with Crippen molar-refractivity contribution in [2.75, 3.05) is 6.26 Å². The van der Waals surface area contributed by atoms with E-state index in [0.29, 0.717) is 6.07 Å². The van der Waals surface area contributed by atoms with Crippen LogP contribution in [0.25, 0.3) is 0 Å². The summed E-state index contributed by atoms with van der Waals surface area (Å²) in [5.74, 6) is -1.79. The van der Waals surface area contributed by atoms with Crippen molar-refractivity contribution >= 4 is 22.2 Å². The van der Waals surface area contributed by atoms with Gasteiger partial charge in [-0.25, -0.2) is 17.2 Å². The molecule has 0 saturated heterocycles. The lowest BCUT2D eigenvalue weighted by Crippen LogP contribution is -2.06. The minimum atomic E-state index is -3.74. The van der Waals surface area contributed by atoms with Gasteiger partial charge in [-0.05, 0) is 12.1 Å². The van der Waals surface area contributed by atoms with Crippen LogP contribution in [0, 0.1) is 11.6 Å². The van der Waals surface area contributed by atoms with Crippen LogP contribution < -0.4 is 5.73 Å². The summed E-state index contributed by atoms with van der Waals surface area (Å²) in [5, 5.41) is 0. The summed E-state index contributed by atoms with van der Waals surface area (Å²) >= 11 is 0. The lowest BCUT2D eigenvalue weighted by atomic mass is 10.2. The monoisotopic (exact) mass is 257 g/mol. The third-order valence-corrected chi connectivity index (χ3v) is 2.83. The van der Waals surface area contributed by atoms with Crippen LogP contribution in [0.15, 0.2) is 17.0 Å². The minimum Gasteiger partial charge on any atom is -0.326 e. The van der Waals surface area contributed by atoms with Crippen molar-refractivity contribution < 1.29 is 17.2 Å². The fraction of sp³-hybridized carbons (Fsp3) is 0.250. The van der Waals surface area contributed by atoms with E-state index >= 15 is 0 Å². The second kappa shape index (κ2) is 4.87. The summed E-state index contributed by atoms with van der Waals surface area (Å²) < 4.78 is 48.1. The van der Waals surface area contributed by atoms with E-state index in [2.05, 4.69) is 0 Å². The van der Waals surface area contributed by atoms with E-state index in [1.807, 2.05) is 0 Å². The molecule has 1 rings (SSSR count). The predicted octanol–water partition coefficient (Wildman–Crippen LogP) is 1.25. The molecular weight excluding hydrogens is 248 g/mol. The molecular formula is C8H10ClF2NO2S. The van der Waals surface area contributed by atoms with E-state index in [0.717, 1.165) is 12.3 Å². The third kappa shape index (κ3) is 3.12. The van der Waals surface area contributed by atoms with Crippen LogP contribution in [0.3, 0.4) is 0 Å². The number of rotatable bonds is 2. The first-order valence-electron chi connectivity index (χ1n) is 3.74. The molecule has 0 bridgehead atoms. The van der Waals surface area contributed by atoms with Gasteiger partial charge in [-0.3, -0.25) is 0 Å². The van der Waals surface area contributed by atoms with Gasteiger partial charge in [-0.1, -0.05) is 0 Å². The zero-order valence-electron chi connectivity index (χ0n) is 7.83. The van der Waals surface area contributed by atoms with E-state index in [-0.39, 0.29) is 24.5 Å². The van der Waals surface area contributed by atoms with Crippen molar-refractivity contribution in [2.45, 2.75) is 11.4 Å². The Labute approximate surface area is 92.6 Å². The fourth-order valence-electron chi connectivity index (χ4n) is 1.01. The molecule has 2 N–H and O–H groups in total. The average molecular weight is 258 g/mol. The van der Waals surface area contributed by atoms with Gasteiger partial charge in [0, 0.05) is 18.4 Å². The van der Waals surface area contributed by atoms with Crippen molar-refractivity contribution in [3.8, 4) is 0 Å². The first-order valence-corrected chi connectivity index (χ1v) is 5.63. The molecule has 1 aromatic rings. The number of benzene rings is 1. The predicted molar refractivity (Wildman–Crippen MR) is 54.6 cm³/mol. The molecule has 0 aliphatic heterocycles. The first-order chi connectivity index (χ1) is 6.36. The van der Waals surface area contributed by atoms with Gasteiger partial charge >= 0.3 is 0 Å².